The van der Waals surface area contributed by atoms with Crippen molar-refractivity contribution in [1.82, 2.24) is 4.90 Å². The van der Waals surface area contributed by atoms with Crippen LogP contribution in [0.15, 0.2) is 22.5 Å². The van der Waals surface area contributed by atoms with Crippen LogP contribution in [0.2, 0.25) is 0 Å². The summed E-state index contributed by atoms with van der Waals surface area (Å²) in [7, 11) is 2.19. The lowest BCUT2D eigenvalue weighted by Gasteiger charge is -2.38. The van der Waals surface area contributed by atoms with Gasteiger partial charge in [0.2, 0.25) is 0 Å². The van der Waals surface area contributed by atoms with Crippen molar-refractivity contribution in [3.8, 4) is 0 Å². The van der Waals surface area contributed by atoms with Crippen LogP contribution in [0, 0.1) is 5.92 Å². The monoisotopic (exact) mass is 380 g/mol. The maximum absolute atomic E-state index is 5.43. The highest BCUT2D eigenvalue weighted by Crippen LogP contribution is 2.37. The van der Waals surface area contributed by atoms with E-state index in [9.17, 15) is 0 Å². The van der Waals surface area contributed by atoms with Crippen molar-refractivity contribution in [3.63, 3.8) is 0 Å². The second-order valence-electron chi connectivity index (χ2n) is 4.61. The summed E-state index contributed by atoms with van der Waals surface area (Å²) < 4.78 is 0. The average Bonchev–Trinajstić information content (AvgIpc) is 2.79. The second-order valence-corrected chi connectivity index (χ2v) is 5.59. The average molecular weight is 380 g/mol. The summed E-state index contributed by atoms with van der Waals surface area (Å²) in [5.74, 6) is 0.720. The lowest BCUT2D eigenvalue weighted by atomic mass is 9.88. The Balaban J connectivity index is 0.00000162. The Morgan fingerprint density at radius 3 is 2.94 bits per heavy atom. The molecule has 4 nitrogen and oxygen atoms in total. The van der Waals surface area contributed by atoms with Crippen LogP contribution in [0.25, 0.3) is 0 Å². The Hall–Kier alpha value is -0.340. The van der Waals surface area contributed by atoms with E-state index in [4.69, 9.17) is 11.5 Å². The summed E-state index contributed by atoms with van der Waals surface area (Å²) in [5.41, 5.74) is 10.9. The molecule has 1 aliphatic rings. The van der Waals surface area contributed by atoms with Crippen molar-refractivity contribution in [1.29, 1.82) is 0 Å². The summed E-state index contributed by atoms with van der Waals surface area (Å²) >= 11 is 1.82. The molecule has 1 aliphatic heterocycles. The number of halogens is 1. The fourth-order valence-electron chi connectivity index (χ4n) is 2.58. The van der Waals surface area contributed by atoms with Gasteiger partial charge in [0.25, 0.3) is 0 Å². The van der Waals surface area contributed by atoms with Gasteiger partial charge in [-0.1, -0.05) is 6.07 Å². The van der Waals surface area contributed by atoms with Gasteiger partial charge in [-0.05, 0) is 43.8 Å². The Morgan fingerprint density at radius 2 is 2.33 bits per heavy atom. The number of hydrogen-bond acceptors (Lipinski definition) is 3. The number of guanidine groups is 1. The fraction of sp³-hybridized carbons (Fsp3) is 0.583. The van der Waals surface area contributed by atoms with Gasteiger partial charge in [0.05, 0.1) is 0 Å². The van der Waals surface area contributed by atoms with Crippen LogP contribution in [0.4, 0.5) is 0 Å². The molecule has 18 heavy (non-hydrogen) atoms. The minimum atomic E-state index is 0. The quantitative estimate of drug-likeness (QED) is 0.479. The van der Waals surface area contributed by atoms with E-state index in [0.717, 1.165) is 13.1 Å². The molecule has 1 aromatic heterocycles. The van der Waals surface area contributed by atoms with Crippen LogP contribution in [0.1, 0.15) is 23.8 Å². The smallest absolute Gasteiger partial charge is 0.185 e. The highest BCUT2D eigenvalue weighted by atomic mass is 127. The Kier molecular flexibility index (Phi) is 6.37. The van der Waals surface area contributed by atoms with Gasteiger partial charge < -0.3 is 11.5 Å². The molecule has 1 fully saturated rings. The molecular weight excluding hydrogens is 359 g/mol. The first-order valence-electron chi connectivity index (χ1n) is 5.97. The SMILES string of the molecule is CN1CCCC(CN=C(N)N)C1c1cccs1.I. The Bertz CT molecular complexity index is 375. The molecule has 2 heterocycles. The zero-order valence-electron chi connectivity index (χ0n) is 10.6. The van der Waals surface area contributed by atoms with E-state index in [1.54, 1.807) is 0 Å². The van der Waals surface area contributed by atoms with Crippen molar-refractivity contribution in [3.05, 3.63) is 22.4 Å². The van der Waals surface area contributed by atoms with E-state index < -0.39 is 0 Å². The summed E-state index contributed by atoms with van der Waals surface area (Å²) in [6.07, 6.45) is 2.42. The van der Waals surface area contributed by atoms with Crippen molar-refractivity contribution >= 4 is 41.3 Å². The standard InChI is InChI=1S/C12H20N4S.HI/c1-16-6-2-4-9(8-15-12(13)14)11(16)10-5-3-7-17-10;/h3,5,7,9,11H,2,4,6,8H2,1H3,(H4,13,14,15);1H. The van der Waals surface area contributed by atoms with Gasteiger partial charge in [-0.15, -0.1) is 35.3 Å². The third kappa shape index (κ3) is 3.83. The van der Waals surface area contributed by atoms with Gasteiger partial charge in [-0.25, -0.2) is 0 Å². The molecule has 2 rings (SSSR count). The largest absolute Gasteiger partial charge is 0.370 e. The number of likely N-dealkylation sites (tertiary alicyclic amines) is 1. The molecule has 0 aromatic carbocycles. The van der Waals surface area contributed by atoms with Crippen LogP contribution in [0.5, 0.6) is 0 Å². The van der Waals surface area contributed by atoms with Crippen LogP contribution in [-0.2, 0) is 0 Å². The second kappa shape index (κ2) is 7.30. The molecule has 1 saturated heterocycles. The zero-order chi connectivity index (χ0) is 12.3. The summed E-state index contributed by atoms with van der Waals surface area (Å²) in [5, 5.41) is 2.13. The van der Waals surface area contributed by atoms with E-state index in [1.165, 1.54) is 17.7 Å². The number of hydrogen-bond donors (Lipinski definition) is 2. The predicted octanol–water partition coefficient (Wildman–Crippen LogP) is 2.02. The summed E-state index contributed by atoms with van der Waals surface area (Å²) in [4.78, 5) is 8.03. The van der Waals surface area contributed by atoms with Gasteiger partial charge in [0.15, 0.2) is 5.96 Å². The molecule has 1 aromatic rings. The van der Waals surface area contributed by atoms with Gasteiger partial charge in [-0.3, -0.25) is 9.89 Å². The Morgan fingerprint density at radius 1 is 1.56 bits per heavy atom. The molecule has 4 N–H and O–H groups in total. The lowest BCUT2D eigenvalue weighted by molar-refractivity contribution is 0.128. The number of piperidine rings is 1. The van der Waals surface area contributed by atoms with Crippen molar-refractivity contribution in [2.75, 3.05) is 20.1 Å². The highest BCUT2D eigenvalue weighted by molar-refractivity contribution is 14.0. The first kappa shape index (κ1) is 15.7. The number of nitrogens with zero attached hydrogens (tertiary/aromatic N) is 2. The number of nitrogens with two attached hydrogens (primary N) is 2. The third-order valence-electron chi connectivity index (χ3n) is 3.35. The maximum atomic E-state index is 5.43. The van der Waals surface area contributed by atoms with Crippen molar-refractivity contribution in [2.24, 2.45) is 22.4 Å². The van der Waals surface area contributed by atoms with E-state index in [-0.39, 0.29) is 29.9 Å². The lowest BCUT2D eigenvalue weighted by Crippen LogP contribution is -2.37. The molecule has 0 aliphatic carbocycles. The first-order valence-corrected chi connectivity index (χ1v) is 6.85. The van der Waals surface area contributed by atoms with Crippen molar-refractivity contribution in [2.45, 2.75) is 18.9 Å². The molecule has 0 saturated carbocycles. The van der Waals surface area contributed by atoms with Crippen LogP contribution in [-0.4, -0.2) is 31.0 Å². The van der Waals surface area contributed by atoms with Gasteiger partial charge in [0.1, 0.15) is 0 Å². The van der Waals surface area contributed by atoms with Gasteiger partial charge >= 0.3 is 0 Å². The molecule has 2 atom stereocenters. The minimum Gasteiger partial charge on any atom is -0.370 e. The number of thiophene rings is 1. The molecule has 0 bridgehead atoms. The zero-order valence-corrected chi connectivity index (χ0v) is 13.7. The molecule has 6 heteroatoms. The normalized spacial score (nSPS) is 24.3. The van der Waals surface area contributed by atoms with Crippen LogP contribution >= 0.6 is 35.3 Å². The molecule has 0 spiro atoms. The third-order valence-corrected chi connectivity index (χ3v) is 4.29. The predicted molar refractivity (Wildman–Crippen MR) is 88.5 cm³/mol. The molecule has 2 unspecified atom stereocenters. The van der Waals surface area contributed by atoms with E-state index in [1.807, 2.05) is 11.3 Å². The van der Waals surface area contributed by atoms with E-state index >= 15 is 0 Å². The number of aliphatic imine (C=N–C) groups is 1. The molecule has 0 amide bonds. The van der Waals surface area contributed by atoms with Crippen molar-refractivity contribution < 1.29 is 0 Å². The van der Waals surface area contributed by atoms with Crippen LogP contribution < -0.4 is 11.5 Å². The first-order chi connectivity index (χ1) is 8.18. The Labute approximate surface area is 129 Å². The van der Waals surface area contributed by atoms with Gasteiger partial charge in [0, 0.05) is 17.5 Å². The minimum absolute atomic E-state index is 0. The molecular formula is C12H21IN4S. The van der Waals surface area contributed by atoms with E-state index in [2.05, 4.69) is 34.5 Å². The fourth-order valence-corrected chi connectivity index (χ4v) is 3.57. The topological polar surface area (TPSA) is 67.6 Å². The van der Waals surface area contributed by atoms with Gasteiger partial charge in [-0.2, -0.15) is 0 Å². The van der Waals surface area contributed by atoms with E-state index in [0.29, 0.717) is 12.0 Å². The molecule has 102 valence electrons. The highest BCUT2D eigenvalue weighted by Gasteiger charge is 2.30. The number of rotatable bonds is 3. The summed E-state index contributed by atoms with van der Waals surface area (Å²) in [6, 6.07) is 4.78. The molecule has 0 radical (unpaired) electrons. The maximum Gasteiger partial charge on any atom is 0.185 e. The van der Waals surface area contributed by atoms with Crippen LogP contribution in [0.3, 0.4) is 0 Å². The summed E-state index contributed by atoms with van der Waals surface area (Å²) in [6.45, 7) is 1.89.